The van der Waals surface area contributed by atoms with Crippen LogP contribution in [0.25, 0.3) is 27.6 Å². The first kappa shape index (κ1) is 11.5. The van der Waals surface area contributed by atoms with Gasteiger partial charge in [0.05, 0.1) is 10.5 Å². The van der Waals surface area contributed by atoms with E-state index in [-0.39, 0.29) is 0 Å². The highest BCUT2D eigenvalue weighted by atomic mass is 35.5. The second-order valence-corrected chi connectivity index (χ2v) is 5.15. The summed E-state index contributed by atoms with van der Waals surface area (Å²) in [6, 6.07) is 20.5. The number of rotatable bonds is 1. The fourth-order valence-electron chi connectivity index (χ4n) is 2.66. The molecule has 0 atom stereocenters. The first-order valence-corrected chi connectivity index (χ1v) is 6.82. The average molecular weight is 279 g/mol. The molecule has 0 fully saturated rings. The molecule has 0 amide bonds. The van der Waals surface area contributed by atoms with Gasteiger partial charge in [-0.15, -0.1) is 0 Å². The highest BCUT2D eigenvalue weighted by molar-refractivity contribution is 6.31. The molecule has 4 rings (SSSR count). The predicted octanol–water partition coefficient (Wildman–Crippen LogP) is 4.83. The molecule has 0 aliphatic carbocycles. The lowest BCUT2D eigenvalue weighted by molar-refractivity contribution is 1.14. The van der Waals surface area contributed by atoms with E-state index in [0.717, 1.165) is 22.2 Å². The number of pyridine rings is 1. The van der Waals surface area contributed by atoms with Crippen LogP contribution in [0.3, 0.4) is 0 Å². The van der Waals surface area contributed by atoms with Gasteiger partial charge in [0, 0.05) is 22.7 Å². The van der Waals surface area contributed by atoms with E-state index in [1.165, 1.54) is 5.39 Å². The number of para-hydroxylation sites is 2. The lowest BCUT2D eigenvalue weighted by Gasteiger charge is -2.06. The first-order chi connectivity index (χ1) is 9.84. The van der Waals surface area contributed by atoms with Gasteiger partial charge >= 0.3 is 0 Å². The fraction of sp³-hybridized carbons (Fsp3) is 0. The van der Waals surface area contributed by atoms with Gasteiger partial charge in [0.1, 0.15) is 5.65 Å². The minimum Gasteiger partial charge on any atom is -0.294 e. The molecule has 0 spiro atoms. The van der Waals surface area contributed by atoms with Crippen LogP contribution in [-0.4, -0.2) is 9.55 Å². The smallest absolute Gasteiger partial charge is 0.145 e. The van der Waals surface area contributed by atoms with Gasteiger partial charge in [0.15, 0.2) is 0 Å². The van der Waals surface area contributed by atoms with Crippen molar-refractivity contribution in [2.45, 2.75) is 0 Å². The van der Waals surface area contributed by atoms with Crippen LogP contribution in [0.5, 0.6) is 0 Å². The number of hydrogen-bond acceptors (Lipinski definition) is 1. The summed E-state index contributed by atoms with van der Waals surface area (Å²) in [6.45, 7) is 0. The summed E-state index contributed by atoms with van der Waals surface area (Å²) in [7, 11) is 0. The van der Waals surface area contributed by atoms with E-state index in [0.29, 0.717) is 5.02 Å². The fourth-order valence-corrected chi connectivity index (χ4v) is 2.82. The molecular formula is C17H11ClN2. The molecule has 0 radical (unpaired) electrons. The molecule has 0 bridgehead atoms. The third-order valence-corrected chi connectivity index (χ3v) is 3.70. The van der Waals surface area contributed by atoms with Gasteiger partial charge in [-0.05, 0) is 24.3 Å². The third-order valence-electron chi connectivity index (χ3n) is 3.49. The monoisotopic (exact) mass is 278 g/mol. The Labute approximate surface area is 121 Å². The van der Waals surface area contributed by atoms with E-state index < -0.39 is 0 Å². The molecule has 2 aromatic heterocycles. The lowest BCUT2D eigenvalue weighted by atomic mass is 10.2. The van der Waals surface area contributed by atoms with Crippen molar-refractivity contribution in [3.8, 4) is 5.69 Å². The standard InChI is InChI=1S/C17H11ClN2/c18-12-10-15-14-8-4-5-9-16(14)20(17(15)19-11-12)13-6-2-1-3-7-13/h1-11H. The Hall–Kier alpha value is -2.32. The summed E-state index contributed by atoms with van der Waals surface area (Å²) in [4.78, 5) is 4.53. The molecule has 0 unspecified atom stereocenters. The first-order valence-electron chi connectivity index (χ1n) is 6.45. The van der Waals surface area contributed by atoms with E-state index in [9.17, 15) is 0 Å². The van der Waals surface area contributed by atoms with Crippen molar-refractivity contribution in [2.75, 3.05) is 0 Å². The van der Waals surface area contributed by atoms with Gasteiger partial charge in [0.25, 0.3) is 0 Å². The van der Waals surface area contributed by atoms with Crippen molar-refractivity contribution in [3.05, 3.63) is 71.9 Å². The molecular weight excluding hydrogens is 268 g/mol. The molecule has 96 valence electrons. The van der Waals surface area contributed by atoms with Crippen LogP contribution >= 0.6 is 11.6 Å². The summed E-state index contributed by atoms with van der Waals surface area (Å²) in [5, 5.41) is 2.91. The normalized spacial score (nSPS) is 11.2. The Morgan fingerprint density at radius 3 is 2.45 bits per heavy atom. The number of fused-ring (bicyclic) bond motifs is 3. The quantitative estimate of drug-likeness (QED) is 0.487. The van der Waals surface area contributed by atoms with Crippen molar-refractivity contribution >= 4 is 33.5 Å². The van der Waals surface area contributed by atoms with Crippen molar-refractivity contribution in [2.24, 2.45) is 0 Å². The van der Waals surface area contributed by atoms with Crippen LogP contribution in [0.4, 0.5) is 0 Å². The molecule has 0 saturated carbocycles. The van der Waals surface area contributed by atoms with Crippen molar-refractivity contribution in [1.29, 1.82) is 0 Å². The summed E-state index contributed by atoms with van der Waals surface area (Å²) in [6.07, 6.45) is 1.70. The van der Waals surface area contributed by atoms with Gasteiger partial charge in [-0.2, -0.15) is 0 Å². The maximum atomic E-state index is 6.10. The Balaban J connectivity index is 2.22. The summed E-state index contributed by atoms with van der Waals surface area (Å²) in [5.74, 6) is 0. The number of benzene rings is 2. The molecule has 0 aliphatic rings. The minimum absolute atomic E-state index is 0.661. The molecule has 4 aromatic rings. The molecule has 20 heavy (non-hydrogen) atoms. The Morgan fingerprint density at radius 2 is 1.60 bits per heavy atom. The zero-order chi connectivity index (χ0) is 13.5. The SMILES string of the molecule is Clc1cnc2c(c1)c1ccccc1n2-c1ccccc1. The van der Waals surface area contributed by atoms with Crippen molar-refractivity contribution in [3.63, 3.8) is 0 Å². The van der Waals surface area contributed by atoms with Crippen LogP contribution in [0.2, 0.25) is 5.02 Å². The Morgan fingerprint density at radius 1 is 0.850 bits per heavy atom. The van der Waals surface area contributed by atoms with E-state index in [2.05, 4.69) is 33.8 Å². The topological polar surface area (TPSA) is 17.8 Å². The summed E-state index contributed by atoms with van der Waals surface area (Å²) in [5.41, 5.74) is 3.18. The number of aromatic nitrogens is 2. The molecule has 0 N–H and O–H groups in total. The lowest BCUT2D eigenvalue weighted by Crippen LogP contribution is -1.94. The molecule has 2 nitrogen and oxygen atoms in total. The molecule has 2 aromatic carbocycles. The van der Waals surface area contributed by atoms with Gasteiger partial charge in [-0.25, -0.2) is 4.98 Å². The highest BCUT2D eigenvalue weighted by Gasteiger charge is 2.12. The molecule has 3 heteroatoms. The Bertz CT molecular complexity index is 910. The number of halogens is 1. The molecule has 0 saturated heterocycles. The van der Waals surface area contributed by atoms with Crippen LogP contribution in [-0.2, 0) is 0 Å². The second-order valence-electron chi connectivity index (χ2n) is 4.71. The van der Waals surface area contributed by atoms with Gasteiger partial charge in [-0.1, -0.05) is 48.0 Å². The molecule has 0 aliphatic heterocycles. The van der Waals surface area contributed by atoms with Gasteiger partial charge in [-0.3, -0.25) is 4.57 Å². The van der Waals surface area contributed by atoms with Crippen LogP contribution < -0.4 is 0 Å². The zero-order valence-electron chi connectivity index (χ0n) is 10.6. The van der Waals surface area contributed by atoms with E-state index in [1.54, 1.807) is 6.20 Å². The van der Waals surface area contributed by atoms with Crippen LogP contribution in [0.1, 0.15) is 0 Å². The maximum Gasteiger partial charge on any atom is 0.145 e. The minimum atomic E-state index is 0.661. The average Bonchev–Trinajstić information content (AvgIpc) is 2.82. The van der Waals surface area contributed by atoms with Gasteiger partial charge in [0.2, 0.25) is 0 Å². The van der Waals surface area contributed by atoms with Gasteiger partial charge < -0.3 is 0 Å². The molecule has 2 heterocycles. The maximum absolute atomic E-state index is 6.10. The van der Waals surface area contributed by atoms with Crippen molar-refractivity contribution in [1.82, 2.24) is 9.55 Å². The Kier molecular flexibility index (Phi) is 2.51. The van der Waals surface area contributed by atoms with E-state index >= 15 is 0 Å². The summed E-state index contributed by atoms with van der Waals surface area (Å²) < 4.78 is 2.17. The third kappa shape index (κ3) is 1.62. The summed E-state index contributed by atoms with van der Waals surface area (Å²) >= 11 is 6.10. The van der Waals surface area contributed by atoms with Crippen LogP contribution in [0, 0.1) is 0 Å². The second kappa shape index (κ2) is 4.36. The largest absolute Gasteiger partial charge is 0.294 e. The number of hydrogen-bond donors (Lipinski definition) is 0. The van der Waals surface area contributed by atoms with E-state index in [1.807, 2.05) is 36.4 Å². The van der Waals surface area contributed by atoms with Crippen LogP contribution in [0.15, 0.2) is 66.9 Å². The predicted molar refractivity (Wildman–Crippen MR) is 83.6 cm³/mol. The number of nitrogens with zero attached hydrogens (tertiary/aromatic N) is 2. The van der Waals surface area contributed by atoms with E-state index in [4.69, 9.17) is 11.6 Å². The van der Waals surface area contributed by atoms with Crippen molar-refractivity contribution < 1.29 is 0 Å². The zero-order valence-corrected chi connectivity index (χ0v) is 11.4. The highest BCUT2D eigenvalue weighted by Crippen LogP contribution is 2.31.